The first kappa shape index (κ1) is 15.8. The van der Waals surface area contributed by atoms with E-state index in [1.165, 1.54) is 6.20 Å². The number of aromatic nitrogens is 1. The molecule has 0 aliphatic carbocycles. The Morgan fingerprint density at radius 1 is 1.42 bits per heavy atom. The molecule has 0 aromatic carbocycles. The topological polar surface area (TPSA) is 88.3 Å². The Kier molecular flexibility index (Phi) is 4.21. The molecule has 0 bridgehead atoms. The van der Waals surface area contributed by atoms with E-state index in [4.69, 9.17) is 0 Å². The lowest BCUT2D eigenvalue weighted by Gasteiger charge is -2.38. The van der Waals surface area contributed by atoms with Crippen LogP contribution >= 0.6 is 15.9 Å². The van der Waals surface area contributed by atoms with Gasteiger partial charge in [-0.15, -0.1) is 0 Å². The van der Waals surface area contributed by atoms with Crippen LogP contribution in [0.1, 0.15) is 33.3 Å². The molecule has 106 valence electrons. The molecule has 1 heterocycles. The molecule has 0 fully saturated rings. The van der Waals surface area contributed by atoms with Gasteiger partial charge in [0.1, 0.15) is 12.0 Å². The normalized spacial score (nSPS) is 12.4. The van der Waals surface area contributed by atoms with Gasteiger partial charge < -0.3 is 10.4 Å². The highest BCUT2D eigenvalue weighted by Crippen LogP contribution is 2.34. The Morgan fingerprint density at radius 3 is 2.37 bits per heavy atom. The van der Waals surface area contributed by atoms with E-state index in [0.717, 1.165) is 0 Å². The van der Waals surface area contributed by atoms with Crippen LogP contribution < -0.4 is 5.32 Å². The molecule has 0 saturated heterocycles. The Balaban J connectivity index is 3.19. The van der Waals surface area contributed by atoms with Crippen molar-refractivity contribution in [2.24, 2.45) is 0 Å². The number of pyridine rings is 1. The first-order valence-electron chi connectivity index (χ1n) is 5.77. The number of aliphatic hydroxyl groups is 1. The van der Waals surface area contributed by atoms with Crippen LogP contribution in [0.15, 0.2) is 10.7 Å². The minimum atomic E-state index is -0.982. The fraction of sp³-hybridized carbons (Fsp3) is 0.583. The fourth-order valence-electron chi connectivity index (χ4n) is 1.29. The summed E-state index contributed by atoms with van der Waals surface area (Å²) in [6.07, 6.45) is 1.21. The number of nitrogens with one attached hydrogen (secondary N) is 1. The van der Waals surface area contributed by atoms with Gasteiger partial charge in [-0.05, 0) is 50.5 Å². The highest BCUT2D eigenvalue weighted by molar-refractivity contribution is 9.10. The van der Waals surface area contributed by atoms with Gasteiger partial charge in [0, 0.05) is 5.56 Å². The quantitative estimate of drug-likeness (QED) is 0.654. The second-order valence-corrected chi connectivity index (χ2v) is 6.29. The maximum atomic E-state index is 10.8. The van der Waals surface area contributed by atoms with E-state index >= 15 is 0 Å². The molecule has 0 atom stereocenters. The average molecular weight is 332 g/mol. The molecule has 1 aromatic heterocycles. The Morgan fingerprint density at radius 2 is 1.95 bits per heavy atom. The van der Waals surface area contributed by atoms with Crippen molar-refractivity contribution in [3.8, 4) is 0 Å². The zero-order valence-electron chi connectivity index (χ0n) is 11.6. The third-order valence-electron chi connectivity index (χ3n) is 3.39. The van der Waals surface area contributed by atoms with Crippen molar-refractivity contribution < 1.29 is 10.0 Å². The standard InChI is InChI=1S/C12H18BrN3O3/c1-7-8(16(18)19)6-14-10(9(7)13)15-11(2,3)12(4,5)17/h6,17H,1-5H3,(H,14,15). The third-order valence-corrected chi connectivity index (χ3v) is 4.36. The molecule has 1 aromatic rings. The molecule has 0 spiro atoms. The second-order valence-electron chi connectivity index (χ2n) is 5.50. The number of rotatable bonds is 4. The van der Waals surface area contributed by atoms with Crippen LogP contribution in [-0.4, -0.2) is 26.2 Å². The Hall–Kier alpha value is -1.21. The summed E-state index contributed by atoms with van der Waals surface area (Å²) < 4.78 is 0.527. The molecule has 0 aliphatic rings. The van der Waals surface area contributed by atoms with Crippen LogP contribution in [0.2, 0.25) is 0 Å². The van der Waals surface area contributed by atoms with E-state index in [9.17, 15) is 15.2 Å². The highest BCUT2D eigenvalue weighted by Gasteiger charge is 2.36. The van der Waals surface area contributed by atoms with E-state index in [-0.39, 0.29) is 5.69 Å². The molecule has 19 heavy (non-hydrogen) atoms. The first-order valence-corrected chi connectivity index (χ1v) is 6.56. The van der Waals surface area contributed by atoms with Gasteiger partial charge in [-0.2, -0.15) is 0 Å². The number of anilines is 1. The smallest absolute Gasteiger partial charge is 0.291 e. The lowest BCUT2D eigenvalue weighted by atomic mass is 9.86. The van der Waals surface area contributed by atoms with Gasteiger partial charge in [0.15, 0.2) is 0 Å². The number of hydrogen-bond acceptors (Lipinski definition) is 5. The number of nitro groups is 1. The van der Waals surface area contributed by atoms with Crippen molar-refractivity contribution in [1.29, 1.82) is 0 Å². The van der Waals surface area contributed by atoms with E-state index in [0.29, 0.717) is 15.9 Å². The molecular formula is C12H18BrN3O3. The summed E-state index contributed by atoms with van der Waals surface area (Å²) in [5.41, 5.74) is -1.18. The second kappa shape index (κ2) is 5.05. The summed E-state index contributed by atoms with van der Waals surface area (Å²) in [6, 6.07) is 0. The van der Waals surface area contributed by atoms with Crippen LogP contribution in [-0.2, 0) is 0 Å². The van der Waals surface area contributed by atoms with Crippen molar-refractivity contribution in [3.63, 3.8) is 0 Å². The van der Waals surface area contributed by atoms with Crippen LogP contribution in [0.3, 0.4) is 0 Å². The Labute approximate surface area is 120 Å². The van der Waals surface area contributed by atoms with Crippen molar-refractivity contribution >= 4 is 27.4 Å². The van der Waals surface area contributed by atoms with E-state index in [1.807, 2.05) is 13.8 Å². The number of halogens is 1. The summed E-state index contributed by atoms with van der Waals surface area (Å²) in [5.74, 6) is 0.468. The monoisotopic (exact) mass is 331 g/mol. The number of hydrogen-bond donors (Lipinski definition) is 2. The predicted molar refractivity (Wildman–Crippen MR) is 77.3 cm³/mol. The summed E-state index contributed by atoms with van der Waals surface area (Å²) in [5, 5.41) is 24.0. The molecule has 0 radical (unpaired) electrons. The zero-order chi connectivity index (χ0) is 15.0. The minimum absolute atomic E-state index is 0.0431. The van der Waals surface area contributed by atoms with Crippen molar-refractivity contribution in [3.05, 3.63) is 26.3 Å². The summed E-state index contributed by atoms with van der Waals surface area (Å²) in [6.45, 7) is 8.68. The minimum Gasteiger partial charge on any atom is -0.388 e. The zero-order valence-corrected chi connectivity index (χ0v) is 13.2. The van der Waals surface area contributed by atoms with Crippen LogP contribution in [0.25, 0.3) is 0 Å². The predicted octanol–water partition coefficient (Wildman–Crippen LogP) is 3.02. The molecular weight excluding hydrogens is 314 g/mol. The molecule has 0 amide bonds. The molecule has 1 rings (SSSR count). The van der Waals surface area contributed by atoms with Crippen LogP contribution in [0, 0.1) is 17.0 Å². The van der Waals surface area contributed by atoms with Gasteiger partial charge in [-0.1, -0.05) is 0 Å². The van der Waals surface area contributed by atoms with Crippen molar-refractivity contribution in [2.75, 3.05) is 5.32 Å². The third kappa shape index (κ3) is 3.22. The molecule has 0 unspecified atom stereocenters. The molecule has 6 nitrogen and oxygen atoms in total. The lowest BCUT2D eigenvalue weighted by molar-refractivity contribution is -0.385. The van der Waals surface area contributed by atoms with Crippen molar-refractivity contribution in [2.45, 2.75) is 45.8 Å². The summed E-state index contributed by atoms with van der Waals surface area (Å²) >= 11 is 3.31. The van der Waals surface area contributed by atoms with E-state index in [2.05, 4.69) is 26.2 Å². The molecule has 2 N–H and O–H groups in total. The maximum absolute atomic E-state index is 10.8. The van der Waals surface area contributed by atoms with Crippen molar-refractivity contribution in [1.82, 2.24) is 4.98 Å². The van der Waals surface area contributed by atoms with Gasteiger partial charge in [0.25, 0.3) is 5.69 Å². The first-order chi connectivity index (χ1) is 8.47. The summed E-state index contributed by atoms with van der Waals surface area (Å²) in [4.78, 5) is 14.4. The number of nitrogens with zero attached hydrogens (tertiary/aromatic N) is 2. The lowest BCUT2D eigenvalue weighted by Crippen LogP contribution is -2.51. The van der Waals surface area contributed by atoms with E-state index < -0.39 is 16.1 Å². The summed E-state index contributed by atoms with van der Waals surface area (Å²) in [7, 11) is 0. The van der Waals surface area contributed by atoms with E-state index in [1.54, 1.807) is 20.8 Å². The van der Waals surface area contributed by atoms with Gasteiger partial charge in [0.05, 0.1) is 20.5 Å². The van der Waals surface area contributed by atoms with Gasteiger partial charge in [-0.25, -0.2) is 4.98 Å². The van der Waals surface area contributed by atoms with Gasteiger partial charge >= 0.3 is 0 Å². The van der Waals surface area contributed by atoms with Gasteiger partial charge in [0.2, 0.25) is 0 Å². The SMILES string of the molecule is Cc1c([N+](=O)[O-])cnc(NC(C)(C)C(C)(C)O)c1Br. The van der Waals surface area contributed by atoms with Crippen LogP contribution in [0.4, 0.5) is 11.5 Å². The molecule has 7 heteroatoms. The average Bonchev–Trinajstić information content (AvgIpc) is 2.22. The maximum Gasteiger partial charge on any atom is 0.291 e. The largest absolute Gasteiger partial charge is 0.388 e. The fourth-order valence-corrected chi connectivity index (χ4v) is 1.69. The molecule has 0 aliphatic heterocycles. The highest BCUT2D eigenvalue weighted by atomic mass is 79.9. The molecule has 0 saturated carbocycles. The van der Waals surface area contributed by atoms with Crippen LogP contribution in [0.5, 0.6) is 0 Å². The van der Waals surface area contributed by atoms with Gasteiger partial charge in [-0.3, -0.25) is 10.1 Å². The Bertz CT molecular complexity index is 510.